The van der Waals surface area contributed by atoms with Crippen LogP contribution in [-0.4, -0.2) is 57.6 Å². The molecule has 1 atom stereocenters. The minimum atomic E-state index is -0.119. The molecule has 2 aliphatic heterocycles. The summed E-state index contributed by atoms with van der Waals surface area (Å²) in [7, 11) is 0. The van der Waals surface area contributed by atoms with Crippen molar-refractivity contribution in [2.24, 2.45) is 11.3 Å². The van der Waals surface area contributed by atoms with Gasteiger partial charge in [-0.05, 0) is 50.3 Å². The molecular weight excluding hydrogens is 332 g/mol. The van der Waals surface area contributed by atoms with Crippen LogP contribution in [0.25, 0.3) is 0 Å². The highest BCUT2D eigenvalue weighted by molar-refractivity contribution is 7.99. The van der Waals surface area contributed by atoms with E-state index in [0.717, 1.165) is 68.0 Å². The lowest BCUT2D eigenvalue weighted by Gasteiger charge is -2.39. The second kappa shape index (κ2) is 7.23. The predicted octanol–water partition coefficient (Wildman–Crippen LogP) is 2.81. The lowest BCUT2D eigenvalue weighted by Crippen LogP contribution is -2.50. The number of hydrogen-bond acceptors (Lipinski definition) is 5. The van der Waals surface area contributed by atoms with Gasteiger partial charge in [0.2, 0.25) is 5.91 Å². The highest BCUT2D eigenvalue weighted by atomic mass is 32.2. The fourth-order valence-corrected chi connectivity index (χ4v) is 4.81. The first-order chi connectivity index (χ1) is 12.2. The van der Waals surface area contributed by atoms with Gasteiger partial charge in [-0.15, -0.1) is 0 Å². The Kier molecular flexibility index (Phi) is 5.00. The summed E-state index contributed by atoms with van der Waals surface area (Å²) in [4.78, 5) is 26.6. The summed E-state index contributed by atoms with van der Waals surface area (Å²) >= 11 is 1.67. The molecule has 0 bridgehead atoms. The summed E-state index contributed by atoms with van der Waals surface area (Å²) in [6.07, 6.45) is 9.75. The number of piperidine rings is 1. The topological polar surface area (TPSA) is 49.3 Å². The molecule has 3 aliphatic rings. The number of carbonyl (C=O) groups excluding carboxylic acids is 1. The van der Waals surface area contributed by atoms with Crippen molar-refractivity contribution in [3.05, 3.63) is 18.0 Å². The SMILES string of the molecule is CCSc1ncc(CN2CC[C@@]3(CCCN(CC4CC4)C3=O)C2)cn1. The third kappa shape index (κ3) is 3.85. The van der Waals surface area contributed by atoms with Crippen LogP contribution >= 0.6 is 11.8 Å². The number of rotatable bonds is 6. The van der Waals surface area contributed by atoms with Gasteiger partial charge in [-0.3, -0.25) is 9.69 Å². The van der Waals surface area contributed by atoms with E-state index in [1.165, 1.54) is 19.3 Å². The zero-order valence-corrected chi connectivity index (χ0v) is 15.9. The molecule has 2 saturated heterocycles. The molecule has 3 heterocycles. The Bertz CT molecular complexity index is 618. The third-order valence-corrected chi connectivity index (χ3v) is 6.55. The molecular formula is C19H28N4OS. The summed E-state index contributed by atoms with van der Waals surface area (Å²) in [5.74, 6) is 2.21. The molecule has 0 aromatic carbocycles. The third-order valence-electron chi connectivity index (χ3n) is 5.79. The smallest absolute Gasteiger partial charge is 0.230 e. The van der Waals surface area contributed by atoms with Crippen LogP contribution in [0.2, 0.25) is 0 Å². The van der Waals surface area contributed by atoms with Gasteiger partial charge in [-0.25, -0.2) is 9.97 Å². The molecule has 1 aromatic rings. The first kappa shape index (κ1) is 17.3. The van der Waals surface area contributed by atoms with E-state index in [1.807, 2.05) is 12.4 Å². The van der Waals surface area contributed by atoms with Crippen molar-refractivity contribution in [3.8, 4) is 0 Å². The highest BCUT2D eigenvalue weighted by Gasteiger charge is 2.48. The number of nitrogens with zero attached hydrogens (tertiary/aromatic N) is 4. The van der Waals surface area contributed by atoms with Crippen molar-refractivity contribution < 1.29 is 4.79 Å². The lowest BCUT2D eigenvalue weighted by atomic mass is 9.78. The number of hydrogen-bond donors (Lipinski definition) is 0. The predicted molar refractivity (Wildman–Crippen MR) is 99.3 cm³/mol. The molecule has 0 unspecified atom stereocenters. The molecule has 3 fully saturated rings. The normalized spacial score (nSPS) is 27.4. The van der Waals surface area contributed by atoms with Crippen molar-refractivity contribution in [2.75, 3.05) is 31.9 Å². The van der Waals surface area contributed by atoms with Crippen molar-refractivity contribution in [1.82, 2.24) is 19.8 Å². The Morgan fingerprint density at radius 3 is 2.76 bits per heavy atom. The molecule has 4 rings (SSSR count). The van der Waals surface area contributed by atoms with Crippen molar-refractivity contribution >= 4 is 17.7 Å². The average Bonchev–Trinajstić information content (AvgIpc) is 3.34. The standard InChI is InChI=1S/C19H28N4OS/c1-2-25-18-20-10-16(11-21-18)12-22-9-7-19(14-22)6-3-8-23(17(19)24)13-15-4-5-15/h10-11,15H,2-9,12-14H2,1H3/t19-/m0/s1. The maximum atomic E-state index is 13.1. The van der Waals surface area contributed by atoms with Crippen LogP contribution in [0.5, 0.6) is 0 Å². The summed E-state index contributed by atoms with van der Waals surface area (Å²) in [5.41, 5.74) is 1.03. The van der Waals surface area contributed by atoms with Crippen LogP contribution < -0.4 is 0 Å². The number of carbonyl (C=O) groups is 1. The summed E-state index contributed by atoms with van der Waals surface area (Å²) in [5, 5.41) is 0.849. The molecule has 6 heteroatoms. The van der Waals surface area contributed by atoms with E-state index < -0.39 is 0 Å². The maximum absolute atomic E-state index is 13.1. The number of thioether (sulfide) groups is 1. The Hall–Kier alpha value is -1.14. The fourth-order valence-electron chi connectivity index (χ4n) is 4.30. The van der Waals surface area contributed by atoms with Crippen LogP contribution in [0.1, 0.15) is 44.6 Å². The first-order valence-electron chi connectivity index (χ1n) is 9.64. The quantitative estimate of drug-likeness (QED) is 0.577. The Morgan fingerprint density at radius 2 is 2.04 bits per heavy atom. The monoisotopic (exact) mass is 360 g/mol. The van der Waals surface area contributed by atoms with Gasteiger partial charge in [0.15, 0.2) is 5.16 Å². The van der Waals surface area contributed by atoms with Gasteiger partial charge >= 0.3 is 0 Å². The summed E-state index contributed by atoms with van der Waals surface area (Å²) < 4.78 is 0. The second-order valence-electron chi connectivity index (χ2n) is 7.85. The molecule has 1 amide bonds. The molecule has 5 nitrogen and oxygen atoms in total. The fraction of sp³-hybridized carbons (Fsp3) is 0.737. The maximum Gasteiger partial charge on any atom is 0.230 e. The minimum absolute atomic E-state index is 0.119. The van der Waals surface area contributed by atoms with Gasteiger partial charge < -0.3 is 4.90 Å². The van der Waals surface area contributed by atoms with E-state index in [9.17, 15) is 4.79 Å². The van der Waals surface area contributed by atoms with Crippen LogP contribution in [0.4, 0.5) is 0 Å². The molecule has 1 saturated carbocycles. The first-order valence-corrected chi connectivity index (χ1v) is 10.6. The van der Waals surface area contributed by atoms with E-state index in [4.69, 9.17) is 0 Å². The van der Waals surface area contributed by atoms with Crippen molar-refractivity contribution in [1.29, 1.82) is 0 Å². The molecule has 0 radical (unpaired) electrons. The van der Waals surface area contributed by atoms with Crippen LogP contribution in [0.15, 0.2) is 17.6 Å². The number of likely N-dealkylation sites (tertiary alicyclic amines) is 2. The zero-order chi connectivity index (χ0) is 17.3. The summed E-state index contributed by atoms with van der Waals surface area (Å²) in [6.45, 7) is 6.85. The molecule has 136 valence electrons. The van der Waals surface area contributed by atoms with E-state index in [1.54, 1.807) is 11.8 Å². The minimum Gasteiger partial charge on any atom is -0.342 e. The Morgan fingerprint density at radius 1 is 1.24 bits per heavy atom. The lowest BCUT2D eigenvalue weighted by molar-refractivity contribution is -0.145. The van der Waals surface area contributed by atoms with Crippen LogP contribution in [0, 0.1) is 11.3 Å². The van der Waals surface area contributed by atoms with Crippen molar-refractivity contribution in [2.45, 2.75) is 50.7 Å². The summed E-state index contributed by atoms with van der Waals surface area (Å²) in [6, 6.07) is 0. The van der Waals surface area contributed by atoms with Crippen LogP contribution in [0.3, 0.4) is 0 Å². The molecule has 1 aliphatic carbocycles. The second-order valence-corrected chi connectivity index (χ2v) is 9.08. The molecule has 25 heavy (non-hydrogen) atoms. The van der Waals surface area contributed by atoms with Gasteiger partial charge in [0.1, 0.15) is 0 Å². The molecule has 1 aromatic heterocycles. The van der Waals surface area contributed by atoms with Gasteiger partial charge in [0.05, 0.1) is 5.41 Å². The highest BCUT2D eigenvalue weighted by Crippen LogP contribution is 2.42. The Balaban J connectivity index is 1.37. The number of amides is 1. The van der Waals surface area contributed by atoms with Crippen LogP contribution in [-0.2, 0) is 11.3 Å². The largest absolute Gasteiger partial charge is 0.342 e. The van der Waals surface area contributed by atoms with E-state index in [-0.39, 0.29) is 5.41 Å². The van der Waals surface area contributed by atoms with E-state index >= 15 is 0 Å². The van der Waals surface area contributed by atoms with E-state index in [2.05, 4.69) is 26.7 Å². The average molecular weight is 361 g/mol. The van der Waals surface area contributed by atoms with Gasteiger partial charge in [0.25, 0.3) is 0 Å². The Labute approximate surface area is 154 Å². The van der Waals surface area contributed by atoms with Gasteiger partial charge in [-0.1, -0.05) is 18.7 Å². The molecule has 0 N–H and O–H groups in total. The van der Waals surface area contributed by atoms with E-state index in [0.29, 0.717) is 5.91 Å². The number of aromatic nitrogens is 2. The zero-order valence-electron chi connectivity index (χ0n) is 15.1. The molecule has 1 spiro atoms. The van der Waals surface area contributed by atoms with Gasteiger partial charge in [0, 0.05) is 44.1 Å². The van der Waals surface area contributed by atoms with Crippen molar-refractivity contribution in [3.63, 3.8) is 0 Å². The van der Waals surface area contributed by atoms with Gasteiger partial charge in [-0.2, -0.15) is 0 Å².